The lowest BCUT2D eigenvalue weighted by atomic mass is 10.0. The minimum absolute atomic E-state index is 0.239. The highest BCUT2D eigenvalue weighted by Gasteiger charge is 2.01. The molecule has 0 heterocycles. The first-order valence-corrected chi connectivity index (χ1v) is 11.7. The van der Waals surface area contributed by atoms with E-state index in [-0.39, 0.29) is 5.11 Å². The van der Waals surface area contributed by atoms with Gasteiger partial charge in [0.05, 0.1) is 6.61 Å². The molecule has 0 saturated carbocycles. The van der Waals surface area contributed by atoms with Crippen LogP contribution in [0.5, 0.6) is 5.75 Å². The topological polar surface area (TPSA) is 71.3 Å². The summed E-state index contributed by atoms with van der Waals surface area (Å²) >= 11 is 10.2. The minimum atomic E-state index is 0.239. The number of unbranched alkanes of at least 4 members (excludes halogenated alkanes) is 2. The van der Waals surface area contributed by atoms with Crippen LogP contribution in [0, 0.1) is 0 Å². The third-order valence-corrected chi connectivity index (χ3v) is 5.04. The third kappa shape index (κ3) is 10.8. The highest BCUT2D eigenvalue weighted by Crippen LogP contribution is 2.17. The van der Waals surface area contributed by atoms with Crippen molar-refractivity contribution >= 4 is 46.0 Å². The summed E-state index contributed by atoms with van der Waals surface area (Å²) in [6.07, 6.45) is 9.44. The van der Waals surface area contributed by atoms with Crippen LogP contribution in [-0.2, 0) is 6.42 Å². The van der Waals surface area contributed by atoms with E-state index in [4.69, 9.17) is 34.9 Å². The van der Waals surface area contributed by atoms with E-state index in [2.05, 4.69) is 41.2 Å². The first-order valence-electron chi connectivity index (χ1n) is 10.9. The van der Waals surface area contributed by atoms with Gasteiger partial charge in [-0.2, -0.15) is 0 Å². The Bertz CT molecular complexity index is 971. The van der Waals surface area contributed by atoms with Crippen LogP contribution in [0.3, 0.4) is 0 Å². The Kier molecular flexibility index (Phi) is 11.7. The van der Waals surface area contributed by atoms with Crippen LogP contribution in [0.2, 0.25) is 0 Å². The number of benzene rings is 2. The minimum Gasteiger partial charge on any atom is -0.494 e. The fraction of sp³-hybridized carbons (Fsp3) is 0.231. The summed E-state index contributed by atoms with van der Waals surface area (Å²) in [6, 6.07) is 15.8. The number of hydrogen-bond donors (Lipinski definition) is 4. The molecule has 5 nitrogen and oxygen atoms in total. The number of anilines is 2. The second-order valence-electron chi connectivity index (χ2n) is 7.36. The molecule has 0 aromatic heterocycles. The number of rotatable bonds is 13. The van der Waals surface area contributed by atoms with Crippen LogP contribution in [0.4, 0.5) is 11.4 Å². The number of hydrogen-bond acceptors (Lipinski definition) is 3. The van der Waals surface area contributed by atoms with E-state index in [1.165, 1.54) is 5.56 Å². The van der Waals surface area contributed by atoms with Gasteiger partial charge in [0.15, 0.2) is 10.2 Å². The summed E-state index contributed by atoms with van der Waals surface area (Å²) in [7, 11) is 0. The first-order chi connectivity index (χ1) is 16.0. The standard InChI is InChI=1S/C26H32N4OS2/c1-3-9-20(4-2)18-21-12-14-22(15-13-21)30-26(33)28-16-6-5-7-17-31-24-11-8-10-23(19-24)29-25(27)32/h3-4,8-15,19H,1-2,5-7,16-18H2,(H3,27,29,32)(H2,28,30,33)/b20-9+. The van der Waals surface area contributed by atoms with Gasteiger partial charge in [-0.15, -0.1) is 0 Å². The molecule has 0 fully saturated rings. The number of thiocarbonyl (C=S) groups is 2. The molecule has 0 aliphatic rings. The molecule has 0 atom stereocenters. The average molecular weight is 481 g/mol. The smallest absolute Gasteiger partial charge is 0.170 e. The Balaban J connectivity index is 1.60. The molecule has 2 rings (SSSR count). The molecule has 0 unspecified atom stereocenters. The summed E-state index contributed by atoms with van der Waals surface area (Å²) in [5.74, 6) is 0.795. The third-order valence-electron chi connectivity index (χ3n) is 4.69. The summed E-state index contributed by atoms with van der Waals surface area (Å²) < 4.78 is 5.79. The average Bonchev–Trinajstić information content (AvgIpc) is 2.79. The summed E-state index contributed by atoms with van der Waals surface area (Å²) in [4.78, 5) is 0. The van der Waals surface area contributed by atoms with Crippen LogP contribution >= 0.6 is 24.4 Å². The van der Waals surface area contributed by atoms with Crippen LogP contribution < -0.4 is 26.4 Å². The van der Waals surface area contributed by atoms with Gasteiger partial charge in [-0.1, -0.05) is 49.6 Å². The van der Waals surface area contributed by atoms with E-state index in [9.17, 15) is 0 Å². The lowest BCUT2D eigenvalue weighted by Crippen LogP contribution is -2.29. The van der Waals surface area contributed by atoms with Crippen molar-refractivity contribution in [2.75, 3.05) is 23.8 Å². The lowest BCUT2D eigenvalue weighted by Gasteiger charge is -2.12. The van der Waals surface area contributed by atoms with Crippen molar-refractivity contribution in [3.8, 4) is 5.75 Å². The van der Waals surface area contributed by atoms with Gasteiger partial charge in [-0.25, -0.2) is 0 Å². The van der Waals surface area contributed by atoms with Gasteiger partial charge < -0.3 is 26.4 Å². The molecule has 7 heteroatoms. The van der Waals surface area contributed by atoms with Crippen molar-refractivity contribution in [1.82, 2.24) is 5.32 Å². The van der Waals surface area contributed by atoms with Gasteiger partial charge in [-0.3, -0.25) is 0 Å². The molecular formula is C26H32N4OS2. The van der Waals surface area contributed by atoms with Crippen molar-refractivity contribution in [2.45, 2.75) is 25.7 Å². The molecule has 2 aromatic carbocycles. The molecule has 0 aliphatic carbocycles. The number of nitrogens with one attached hydrogen (secondary N) is 3. The van der Waals surface area contributed by atoms with Crippen LogP contribution in [0.1, 0.15) is 24.8 Å². The molecule has 0 saturated heterocycles. The molecule has 5 N–H and O–H groups in total. The Labute approximate surface area is 207 Å². The Morgan fingerprint density at radius 2 is 1.76 bits per heavy atom. The highest BCUT2D eigenvalue weighted by atomic mass is 32.1. The molecule has 33 heavy (non-hydrogen) atoms. The Hall–Kier alpha value is -3.16. The Morgan fingerprint density at radius 1 is 0.970 bits per heavy atom. The van der Waals surface area contributed by atoms with E-state index < -0.39 is 0 Å². The molecule has 0 aliphatic heterocycles. The van der Waals surface area contributed by atoms with Crippen LogP contribution in [-0.4, -0.2) is 23.4 Å². The molecule has 0 amide bonds. The molecule has 2 aromatic rings. The van der Waals surface area contributed by atoms with Crippen molar-refractivity contribution in [1.29, 1.82) is 0 Å². The second kappa shape index (κ2) is 14.8. The summed E-state index contributed by atoms with van der Waals surface area (Å²) in [6.45, 7) is 9.04. The van der Waals surface area contributed by atoms with Crippen LogP contribution in [0.25, 0.3) is 0 Å². The number of allylic oxidation sites excluding steroid dienone is 4. The zero-order valence-corrected chi connectivity index (χ0v) is 20.4. The SMILES string of the molecule is C=C/C=C(\C=C)Cc1ccc(NC(=S)NCCCCCOc2cccc(NC(N)=S)c2)cc1. The highest BCUT2D eigenvalue weighted by molar-refractivity contribution is 7.80. The van der Waals surface area contributed by atoms with Gasteiger partial charge in [-0.05, 0) is 85.5 Å². The van der Waals surface area contributed by atoms with E-state index >= 15 is 0 Å². The van der Waals surface area contributed by atoms with Gasteiger partial charge in [0.2, 0.25) is 0 Å². The lowest BCUT2D eigenvalue weighted by molar-refractivity contribution is 0.305. The van der Waals surface area contributed by atoms with E-state index in [0.29, 0.717) is 11.7 Å². The van der Waals surface area contributed by atoms with Gasteiger partial charge in [0.1, 0.15) is 5.75 Å². The van der Waals surface area contributed by atoms with E-state index in [1.807, 2.05) is 48.6 Å². The summed E-state index contributed by atoms with van der Waals surface area (Å²) in [5.41, 5.74) is 9.63. The largest absolute Gasteiger partial charge is 0.494 e. The van der Waals surface area contributed by atoms with Crippen molar-refractivity contribution in [3.63, 3.8) is 0 Å². The maximum atomic E-state index is 5.79. The normalized spacial score (nSPS) is 10.7. The Morgan fingerprint density at radius 3 is 2.45 bits per heavy atom. The monoisotopic (exact) mass is 480 g/mol. The zero-order chi connectivity index (χ0) is 23.9. The maximum absolute atomic E-state index is 5.79. The zero-order valence-electron chi connectivity index (χ0n) is 18.8. The molecular weight excluding hydrogens is 448 g/mol. The quantitative estimate of drug-likeness (QED) is 0.166. The molecule has 174 valence electrons. The second-order valence-corrected chi connectivity index (χ2v) is 8.21. The molecule has 0 radical (unpaired) electrons. The van der Waals surface area contributed by atoms with Crippen LogP contribution in [0.15, 0.2) is 85.5 Å². The predicted molar refractivity (Wildman–Crippen MR) is 149 cm³/mol. The summed E-state index contributed by atoms with van der Waals surface area (Å²) in [5, 5.41) is 10.2. The van der Waals surface area contributed by atoms with E-state index in [1.54, 1.807) is 6.08 Å². The predicted octanol–water partition coefficient (Wildman–Crippen LogP) is 5.72. The fourth-order valence-electron chi connectivity index (χ4n) is 3.07. The molecule has 0 spiro atoms. The molecule has 0 bridgehead atoms. The fourth-order valence-corrected chi connectivity index (χ4v) is 3.41. The van der Waals surface area contributed by atoms with Crippen molar-refractivity contribution < 1.29 is 4.74 Å². The van der Waals surface area contributed by atoms with Gasteiger partial charge in [0, 0.05) is 24.0 Å². The van der Waals surface area contributed by atoms with Gasteiger partial charge >= 0.3 is 0 Å². The maximum Gasteiger partial charge on any atom is 0.170 e. The number of nitrogens with two attached hydrogens (primary N) is 1. The van der Waals surface area contributed by atoms with Crippen molar-refractivity contribution in [3.05, 3.63) is 91.1 Å². The van der Waals surface area contributed by atoms with Gasteiger partial charge in [0.25, 0.3) is 0 Å². The van der Waals surface area contributed by atoms with E-state index in [0.717, 1.165) is 54.9 Å². The first kappa shape index (κ1) is 26.1. The number of ether oxygens (including phenoxy) is 1. The van der Waals surface area contributed by atoms with Crippen molar-refractivity contribution in [2.24, 2.45) is 5.73 Å².